The number of rotatable bonds is 3. The first-order valence-electron chi connectivity index (χ1n) is 5.20. The number of hydrogen-bond donors (Lipinski definition) is 2. The molecule has 0 aliphatic carbocycles. The standard InChI is InChI=1S/C12H13N3O2/c1-8-2-4-10(17-8)6-12(16)15-11-5-3-9(13)7-14-11/h2-5,7H,6,13H2,1H3,(H,14,15,16). The lowest BCUT2D eigenvalue weighted by Gasteiger charge is -2.02. The molecule has 2 aromatic heterocycles. The first kappa shape index (κ1) is 11.2. The SMILES string of the molecule is Cc1ccc(CC(=O)Nc2ccc(N)cn2)o1. The summed E-state index contributed by atoms with van der Waals surface area (Å²) in [7, 11) is 0. The molecule has 0 aliphatic rings. The Kier molecular flexibility index (Phi) is 3.09. The average molecular weight is 231 g/mol. The van der Waals surface area contributed by atoms with Crippen molar-refractivity contribution in [3.05, 3.63) is 42.0 Å². The van der Waals surface area contributed by atoms with Crippen molar-refractivity contribution in [3.63, 3.8) is 0 Å². The number of pyridine rings is 1. The van der Waals surface area contributed by atoms with Crippen molar-refractivity contribution >= 4 is 17.4 Å². The summed E-state index contributed by atoms with van der Waals surface area (Å²) in [4.78, 5) is 15.6. The molecule has 88 valence electrons. The van der Waals surface area contributed by atoms with E-state index in [1.165, 1.54) is 6.20 Å². The molecule has 2 heterocycles. The smallest absolute Gasteiger partial charge is 0.233 e. The van der Waals surface area contributed by atoms with Gasteiger partial charge in [0.25, 0.3) is 0 Å². The number of nitrogens with two attached hydrogens (primary N) is 1. The number of aryl methyl sites for hydroxylation is 1. The molecule has 0 radical (unpaired) electrons. The third kappa shape index (κ3) is 3.07. The predicted molar refractivity (Wildman–Crippen MR) is 64.4 cm³/mol. The fourth-order valence-corrected chi connectivity index (χ4v) is 1.40. The minimum absolute atomic E-state index is 0.170. The second-order valence-electron chi connectivity index (χ2n) is 3.71. The topological polar surface area (TPSA) is 81.2 Å². The highest BCUT2D eigenvalue weighted by molar-refractivity contribution is 5.91. The van der Waals surface area contributed by atoms with Crippen LogP contribution in [0, 0.1) is 6.92 Å². The summed E-state index contributed by atoms with van der Waals surface area (Å²) in [5.41, 5.74) is 6.05. The summed E-state index contributed by atoms with van der Waals surface area (Å²) >= 11 is 0. The fourth-order valence-electron chi connectivity index (χ4n) is 1.40. The van der Waals surface area contributed by atoms with Crippen LogP contribution < -0.4 is 11.1 Å². The number of hydrogen-bond acceptors (Lipinski definition) is 4. The van der Waals surface area contributed by atoms with Crippen LogP contribution in [0.2, 0.25) is 0 Å². The van der Waals surface area contributed by atoms with E-state index in [0.717, 1.165) is 5.76 Å². The molecule has 0 saturated heterocycles. The Hall–Kier alpha value is -2.30. The van der Waals surface area contributed by atoms with E-state index < -0.39 is 0 Å². The second kappa shape index (κ2) is 4.69. The Bertz CT molecular complexity index is 517. The maximum Gasteiger partial charge on any atom is 0.233 e. The van der Waals surface area contributed by atoms with Gasteiger partial charge in [-0.1, -0.05) is 0 Å². The molecule has 3 N–H and O–H groups in total. The van der Waals surface area contributed by atoms with Crippen molar-refractivity contribution in [3.8, 4) is 0 Å². The van der Waals surface area contributed by atoms with Crippen molar-refractivity contribution in [2.45, 2.75) is 13.3 Å². The summed E-state index contributed by atoms with van der Waals surface area (Å²) in [5.74, 6) is 1.73. The molecular weight excluding hydrogens is 218 g/mol. The van der Waals surface area contributed by atoms with Crippen LogP contribution >= 0.6 is 0 Å². The van der Waals surface area contributed by atoms with Gasteiger partial charge in [-0.15, -0.1) is 0 Å². The van der Waals surface area contributed by atoms with Gasteiger partial charge in [0.1, 0.15) is 17.3 Å². The van der Waals surface area contributed by atoms with Crippen molar-refractivity contribution in [1.82, 2.24) is 4.98 Å². The normalized spacial score (nSPS) is 10.2. The molecule has 0 unspecified atom stereocenters. The second-order valence-corrected chi connectivity index (χ2v) is 3.71. The number of aromatic nitrogens is 1. The highest BCUT2D eigenvalue weighted by Crippen LogP contribution is 2.09. The molecule has 0 atom stereocenters. The zero-order chi connectivity index (χ0) is 12.3. The monoisotopic (exact) mass is 231 g/mol. The van der Waals surface area contributed by atoms with Gasteiger partial charge in [0.2, 0.25) is 5.91 Å². The van der Waals surface area contributed by atoms with Crippen LogP contribution in [0.25, 0.3) is 0 Å². The van der Waals surface area contributed by atoms with Crippen LogP contribution in [-0.2, 0) is 11.2 Å². The Balaban J connectivity index is 1.95. The lowest BCUT2D eigenvalue weighted by atomic mass is 10.3. The van der Waals surface area contributed by atoms with E-state index in [-0.39, 0.29) is 12.3 Å². The molecule has 0 saturated carbocycles. The third-order valence-corrected chi connectivity index (χ3v) is 2.18. The zero-order valence-electron chi connectivity index (χ0n) is 9.43. The van der Waals surface area contributed by atoms with Gasteiger partial charge in [-0.25, -0.2) is 4.98 Å². The molecule has 0 aromatic carbocycles. The first-order valence-corrected chi connectivity index (χ1v) is 5.20. The number of nitrogen functional groups attached to an aromatic ring is 1. The third-order valence-electron chi connectivity index (χ3n) is 2.18. The molecule has 5 nitrogen and oxygen atoms in total. The molecule has 0 spiro atoms. The Morgan fingerprint density at radius 2 is 2.24 bits per heavy atom. The molecule has 0 fully saturated rings. The van der Waals surface area contributed by atoms with Crippen LogP contribution in [0.5, 0.6) is 0 Å². The van der Waals surface area contributed by atoms with Gasteiger partial charge in [-0.3, -0.25) is 4.79 Å². The van der Waals surface area contributed by atoms with E-state index in [1.807, 2.05) is 13.0 Å². The quantitative estimate of drug-likeness (QED) is 0.843. The van der Waals surface area contributed by atoms with Gasteiger partial charge in [-0.05, 0) is 31.2 Å². The van der Waals surface area contributed by atoms with Gasteiger partial charge < -0.3 is 15.5 Å². The lowest BCUT2D eigenvalue weighted by Crippen LogP contribution is -2.14. The predicted octanol–water partition coefficient (Wildman–Crippen LogP) is 1.75. The largest absolute Gasteiger partial charge is 0.466 e. The number of carbonyl (C=O) groups is 1. The number of anilines is 2. The number of nitrogens with one attached hydrogen (secondary N) is 1. The minimum atomic E-state index is -0.170. The average Bonchev–Trinajstić information content (AvgIpc) is 2.67. The number of furan rings is 1. The number of carbonyl (C=O) groups excluding carboxylic acids is 1. The van der Waals surface area contributed by atoms with Crippen molar-refractivity contribution in [2.75, 3.05) is 11.1 Å². The maximum absolute atomic E-state index is 11.6. The highest BCUT2D eigenvalue weighted by atomic mass is 16.3. The zero-order valence-corrected chi connectivity index (χ0v) is 9.43. The van der Waals surface area contributed by atoms with Crippen molar-refractivity contribution in [2.24, 2.45) is 0 Å². The molecule has 0 bridgehead atoms. The van der Waals surface area contributed by atoms with Crippen LogP contribution in [0.3, 0.4) is 0 Å². The summed E-state index contributed by atoms with van der Waals surface area (Å²) in [5, 5.41) is 2.66. The van der Waals surface area contributed by atoms with E-state index in [4.69, 9.17) is 10.2 Å². The summed E-state index contributed by atoms with van der Waals surface area (Å²) in [6.45, 7) is 1.84. The maximum atomic E-state index is 11.6. The van der Waals surface area contributed by atoms with E-state index in [0.29, 0.717) is 17.3 Å². The van der Waals surface area contributed by atoms with Gasteiger partial charge in [0, 0.05) is 0 Å². The molecule has 2 rings (SSSR count). The van der Waals surface area contributed by atoms with Gasteiger partial charge in [0.15, 0.2) is 0 Å². The van der Waals surface area contributed by atoms with Crippen LogP contribution in [0.15, 0.2) is 34.9 Å². The van der Waals surface area contributed by atoms with Gasteiger partial charge in [-0.2, -0.15) is 0 Å². The van der Waals surface area contributed by atoms with E-state index >= 15 is 0 Å². The van der Waals surface area contributed by atoms with Gasteiger partial charge in [0.05, 0.1) is 18.3 Å². The Labute approximate surface area is 98.6 Å². The fraction of sp³-hybridized carbons (Fsp3) is 0.167. The van der Waals surface area contributed by atoms with Crippen molar-refractivity contribution < 1.29 is 9.21 Å². The number of amides is 1. The molecular formula is C12H13N3O2. The van der Waals surface area contributed by atoms with E-state index in [2.05, 4.69) is 10.3 Å². The molecule has 2 aromatic rings. The van der Waals surface area contributed by atoms with Crippen LogP contribution in [-0.4, -0.2) is 10.9 Å². The van der Waals surface area contributed by atoms with Crippen LogP contribution in [0.1, 0.15) is 11.5 Å². The highest BCUT2D eigenvalue weighted by Gasteiger charge is 2.07. The summed E-state index contributed by atoms with van der Waals surface area (Å²) in [6.07, 6.45) is 1.69. The van der Waals surface area contributed by atoms with E-state index in [1.54, 1.807) is 18.2 Å². The lowest BCUT2D eigenvalue weighted by molar-refractivity contribution is -0.115. The van der Waals surface area contributed by atoms with Gasteiger partial charge >= 0.3 is 0 Å². The molecule has 5 heteroatoms. The first-order chi connectivity index (χ1) is 8.13. The molecule has 1 amide bonds. The van der Waals surface area contributed by atoms with Crippen LogP contribution in [0.4, 0.5) is 11.5 Å². The molecule has 17 heavy (non-hydrogen) atoms. The Morgan fingerprint density at radius 3 is 2.82 bits per heavy atom. The van der Waals surface area contributed by atoms with Crippen molar-refractivity contribution in [1.29, 1.82) is 0 Å². The summed E-state index contributed by atoms with van der Waals surface area (Å²) in [6, 6.07) is 6.94. The molecule has 0 aliphatic heterocycles. The van der Waals surface area contributed by atoms with E-state index in [9.17, 15) is 4.79 Å². The number of nitrogens with zero attached hydrogens (tertiary/aromatic N) is 1. The Morgan fingerprint density at radius 1 is 1.41 bits per heavy atom. The summed E-state index contributed by atoms with van der Waals surface area (Å²) < 4.78 is 5.31. The minimum Gasteiger partial charge on any atom is -0.466 e.